The molecule has 2 bridgehead atoms. The Kier molecular flexibility index (Phi) is 3.40. The van der Waals surface area contributed by atoms with Gasteiger partial charge in [-0.15, -0.1) is 0 Å². The monoisotopic (exact) mass is 344 g/mol. The van der Waals surface area contributed by atoms with Crippen LogP contribution in [0.25, 0.3) is 0 Å². The highest BCUT2D eigenvalue weighted by molar-refractivity contribution is 5.90. The number of fused-ring (bicyclic) bond motifs is 4. The van der Waals surface area contributed by atoms with E-state index in [0.717, 1.165) is 12.0 Å². The molecule has 0 saturated heterocycles. The van der Waals surface area contributed by atoms with Gasteiger partial charge < -0.3 is 4.74 Å². The van der Waals surface area contributed by atoms with Gasteiger partial charge in [-0.05, 0) is 71.8 Å². The lowest BCUT2D eigenvalue weighted by Gasteiger charge is -2.30. The van der Waals surface area contributed by atoms with Crippen LogP contribution in [0.2, 0.25) is 0 Å². The van der Waals surface area contributed by atoms with Crippen LogP contribution in [-0.4, -0.2) is 13.1 Å². The first-order valence-corrected chi connectivity index (χ1v) is 9.56. The average Bonchev–Trinajstić information content (AvgIpc) is 3.12. The van der Waals surface area contributed by atoms with Crippen LogP contribution < -0.4 is 0 Å². The fourth-order valence-electron chi connectivity index (χ4n) is 6.17. The predicted molar refractivity (Wildman–Crippen MR) is 102 cm³/mol. The van der Waals surface area contributed by atoms with Crippen molar-refractivity contribution in [3.63, 3.8) is 0 Å². The number of carbonyl (C=O) groups excluding carboxylic acids is 1. The van der Waals surface area contributed by atoms with Gasteiger partial charge in [0.15, 0.2) is 0 Å². The summed E-state index contributed by atoms with van der Waals surface area (Å²) in [5.41, 5.74) is 7.94. The largest absolute Gasteiger partial charge is 0.466 e. The lowest BCUT2D eigenvalue weighted by atomic mass is 9.73. The van der Waals surface area contributed by atoms with Crippen molar-refractivity contribution >= 4 is 5.97 Å². The summed E-state index contributed by atoms with van der Waals surface area (Å²) in [5.74, 6) is 1.95. The minimum absolute atomic E-state index is 0.144. The Morgan fingerprint density at radius 3 is 2.35 bits per heavy atom. The zero-order valence-electron chi connectivity index (χ0n) is 15.5. The van der Waals surface area contributed by atoms with Crippen LogP contribution >= 0.6 is 0 Å². The van der Waals surface area contributed by atoms with Gasteiger partial charge in [0.2, 0.25) is 0 Å². The van der Waals surface area contributed by atoms with Gasteiger partial charge in [-0.3, -0.25) is 0 Å². The Labute approximate surface area is 154 Å². The predicted octanol–water partition coefficient (Wildman–Crippen LogP) is 5.02. The summed E-state index contributed by atoms with van der Waals surface area (Å²) in [6.45, 7) is 4.43. The molecule has 132 valence electrons. The zero-order chi connectivity index (χ0) is 18.0. The number of ether oxygens (including phenoxy) is 1. The molecule has 2 nitrogen and oxygen atoms in total. The van der Waals surface area contributed by atoms with E-state index < -0.39 is 0 Å². The fourth-order valence-corrected chi connectivity index (χ4v) is 6.17. The first-order chi connectivity index (χ1) is 12.6. The number of hydrogen-bond acceptors (Lipinski definition) is 2. The van der Waals surface area contributed by atoms with Gasteiger partial charge in [-0.2, -0.15) is 0 Å². The molecule has 5 atom stereocenters. The Balaban J connectivity index is 1.76. The minimum atomic E-state index is -0.144. The highest BCUT2D eigenvalue weighted by Gasteiger charge is 2.57. The van der Waals surface area contributed by atoms with Crippen molar-refractivity contribution in [1.82, 2.24) is 0 Å². The third kappa shape index (κ3) is 1.96. The van der Waals surface area contributed by atoms with Gasteiger partial charge in [-0.1, -0.05) is 48.5 Å². The Bertz CT molecular complexity index is 919. The van der Waals surface area contributed by atoms with E-state index in [1.807, 2.05) is 0 Å². The van der Waals surface area contributed by atoms with E-state index in [9.17, 15) is 4.79 Å². The molecular formula is C24H24O2. The van der Waals surface area contributed by atoms with Crippen molar-refractivity contribution < 1.29 is 9.53 Å². The normalized spacial score (nSPS) is 30.7. The number of allylic oxidation sites excluding steroid dienone is 1. The van der Waals surface area contributed by atoms with Crippen molar-refractivity contribution in [2.45, 2.75) is 38.0 Å². The summed E-state index contributed by atoms with van der Waals surface area (Å²) in [6, 6.07) is 15.4. The van der Waals surface area contributed by atoms with Crippen molar-refractivity contribution in [2.75, 3.05) is 7.11 Å². The van der Waals surface area contributed by atoms with E-state index in [4.69, 9.17) is 4.74 Å². The molecule has 4 unspecified atom stereocenters. The van der Waals surface area contributed by atoms with Crippen molar-refractivity contribution in [3.05, 3.63) is 81.9 Å². The fraction of sp³-hybridized carbons (Fsp3) is 0.375. The standard InChI is InChI=1S/C24H24O2/c1-13-7-6-8-14(2)21(13)23-19-12-18-17(11-20(19)24(25)26-3)15-9-4-5-10-16(15)22(18)23/h4-11,17-19,22-23H,12H2,1-3H3/t17?,18?,19?,22?,23-/m0/s1. The maximum Gasteiger partial charge on any atom is 0.333 e. The van der Waals surface area contributed by atoms with Gasteiger partial charge in [0.25, 0.3) is 0 Å². The summed E-state index contributed by atoms with van der Waals surface area (Å²) in [5, 5.41) is 0. The molecule has 0 N–H and O–H groups in total. The molecule has 5 rings (SSSR count). The smallest absolute Gasteiger partial charge is 0.333 e. The second-order valence-electron chi connectivity index (χ2n) is 8.13. The second-order valence-corrected chi connectivity index (χ2v) is 8.13. The minimum Gasteiger partial charge on any atom is -0.466 e. The third-order valence-electron chi connectivity index (χ3n) is 7.04. The molecule has 3 aliphatic carbocycles. The number of benzene rings is 2. The molecule has 0 aromatic heterocycles. The summed E-state index contributed by atoms with van der Waals surface area (Å²) < 4.78 is 5.17. The molecule has 2 aromatic carbocycles. The quantitative estimate of drug-likeness (QED) is 0.715. The summed E-state index contributed by atoms with van der Waals surface area (Å²) in [7, 11) is 1.50. The number of hydrogen-bond donors (Lipinski definition) is 0. The van der Waals surface area contributed by atoms with Crippen LogP contribution in [0.5, 0.6) is 0 Å². The van der Waals surface area contributed by atoms with Crippen molar-refractivity contribution in [1.29, 1.82) is 0 Å². The van der Waals surface area contributed by atoms with E-state index in [1.54, 1.807) is 0 Å². The Hall–Kier alpha value is -2.35. The van der Waals surface area contributed by atoms with Crippen LogP contribution in [0.3, 0.4) is 0 Å². The summed E-state index contributed by atoms with van der Waals surface area (Å²) in [4.78, 5) is 12.6. The molecule has 1 saturated carbocycles. The van der Waals surface area contributed by atoms with E-state index >= 15 is 0 Å². The second kappa shape index (κ2) is 5.57. The topological polar surface area (TPSA) is 26.3 Å². The first-order valence-electron chi connectivity index (χ1n) is 9.56. The lowest BCUT2D eigenvalue weighted by molar-refractivity contribution is -0.136. The van der Waals surface area contributed by atoms with Gasteiger partial charge in [0, 0.05) is 11.5 Å². The van der Waals surface area contributed by atoms with Crippen molar-refractivity contribution in [2.24, 2.45) is 11.8 Å². The summed E-state index contributed by atoms with van der Waals surface area (Å²) in [6.07, 6.45) is 3.32. The molecule has 0 heterocycles. The highest BCUT2D eigenvalue weighted by atomic mass is 16.5. The van der Waals surface area contributed by atoms with Crippen LogP contribution in [0.15, 0.2) is 54.1 Å². The van der Waals surface area contributed by atoms with E-state index in [0.29, 0.717) is 23.7 Å². The number of rotatable bonds is 2. The summed E-state index contributed by atoms with van der Waals surface area (Å²) >= 11 is 0. The third-order valence-corrected chi connectivity index (χ3v) is 7.04. The molecule has 2 aromatic rings. The van der Waals surface area contributed by atoms with Crippen molar-refractivity contribution in [3.8, 4) is 0 Å². The molecule has 0 amide bonds. The van der Waals surface area contributed by atoms with Gasteiger partial charge in [0.1, 0.15) is 0 Å². The molecule has 0 aliphatic heterocycles. The molecule has 3 aliphatic rings. The first kappa shape index (κ1) is 15.9. The zero-order valence-corrected chi connectivity index (χ0v) is 15.5. The van der Waals surface area contributed by atoms with Gasteiger partial charge in [-0.25, -0.2) is 4.79 Å². The van der Waals surface area contributed by atoms with Crippen LogP contribution in [0, 0.1) is 25.7 Å². The SMILES string of the molecule is COC(=O)C1=CC2c3ccccc3C3C2CC1[C@H]3c1c(C)cccc1C. The van der Waals surface area contributed by atoms with E-state index in [2.05, 4.69) is 62.4 Å². The molecule has 2 heteroatoms. The number of aryl methyl sites for hydroxylation is 2. The van der Waals surface area contributed by atoms with Gasteiger partial charge >= 0.3 is 5.97 Å². The Morgan fingerprint density at radius 2 is 1.65 bits per heavy atom. The lowest BCUT2D eigenvalue weighted by Crippen LogP contribution is -2.23. The molecule has 0 spiro atoms. The number of methoxy groups -OCH3 is 1. The maximum atomic E-state index is 12.6. The van der Waals surface area contributed by atoms with E-state index in [-0.39, 0.29) is 11.9 Å². The number of carbonyl (C=O) groups is 1. The Morgan fingerprint density at radius 1 is 0.962 bits per heavy atom. The van der Waals surface area contributed by atoms with Crippen LogP contribution in [0.1, 0.15) is 52.0 Å². The van der Waals surface area contributed by atoms with Gasteiger partial charge in [0.05, 0.1) is 7.11 Å². The molecular weight excluding hydrogens is 320 g/mol. The molecule has 26 heavy (non-hydrogen) atoms. The highest BCUT2D eigenvalue weighted by Crippen LogP contribution is 2.67. The molecule has 0 radical (unpaired) electrons. The van der Waals surface area contributed by atoms with E-state index in [1.165, 1.54) is 34.9 Å². The average molecular weight is 344 g/mol. The van der Waals surface area contributed by atoms with Crippen LogP contribution in [0.4, 0.5) is 0 Å². The molecule has 1 fully saturated rings. The number of esters is 1. The van der Waals surface area contributed by atoms with Crippen LogP contribution in [-0.2, 0) is 9.53 Å². The maximum absolute atomic E-state index is 12.6.